The van der Waals surface area contributed by atoms with Crippen LogP contribution in [0.5, 0.6) is 0 Å². The van der Waals surface area contributed by atoms with Gasteiger partial charge >= 0.3 is 0 Å². The van der Waals surface area contributed by atoms with Crippen molar-refractivity contribution in [1.82, 2.24) is 4.90 Å². The molecule has 2 nitrogen and oxygen atoms in total. The van der Waals surface area contributed by atoms with E-state index in [0.29, 0.717) is 11.1 Å². The van der Waals surface area contributed by atoms with E-state index in [1.807, 2.05) is 0 Å². The summed E-state index contributed by atoms with van der Waals surface area (Å²) >= 11 is 2.05. The maximum atomic E-state index is 13.7. The molecule has 0 spiro atoms. The van der Waals surface area contributed by atoms with Crippen molar-refractivity contribution < 1.29 is 9.18 Å². The molecule has 0 bridgehead atoms. The molecule has 1 rings (SSSR count). The Bertz CT molecular complexity index is 521. The average molecular weight is 359 g/mol. The van der Waals surface area contributed by atoms with Gasteiger partial charge in [0.2, 0.25) is 0 Å². The normalized spacial score (nSPS) is 11.3. The number of carbonyl (C=O) groups is 1. The van der Waals surface area contributed by atoms with E-state index in [1.54, 1.807) is 44.3 Å². The highest BCUT2D eigenvalue weighted by molar-refractivity contribution is 14.1. The number of carbonyl (C=O) groups excluding carboxylic acids is 1. The van der Waals surface area contributed by atoms with Crippen LogP contribution in [-0.2, 0) is 0 Å². The Hall–Kier alpha value is -1.17. The fourth-order valence-electron chi connectivity index (χ4n) is 1.44. The SMILES string of the molecule is C=C(C)/C(=C\N(C)C)C(=O)c1cc(I)ccc1F. The van der Waals surface area contributed by atoms with Gasteiger partial charge in [-0.25, -0.2) is 4.39 Å². The van der Waals surface area contributed by atoms with Crippen molar-refractivity contribution in [3.63, 3.8) is 0 Å². The highest BCUT2D eigenvalue weighted by atomic mass is 127. The summed E-state index contributed by atoms with van der Waals surface area (Å²) in [5.41, 5.74) is 1.12. The zero-order valence-electron chi connectivity index (χ0n) is 10.6. The summed E-state index contributed by atoms with van der Waals surface area (Å²) in [6, 6.07) is 4.48. The van der Waals surface area contributed by atoms with Gasteiger partial charge in [-0.1, -0.05) is 6.58 Å². The molecule has 0 aromatic heterocycles. The van der Waals surface area contributed by atoms with Gasteiger partial charge in [-0.3, -0.25) is 4.79 Å². The van der Waals surface area contributed by atoms with Gasteiger partial charge in [-0.05, 0) is 53.3 Å². The maximum absolute atomic E-state index is 13.7. The number of hydrogen-bond donors (Lipinski definition) is 0. The van der Waals surface area contributed by atoms with Crippen molar-refractivity contribution in [3.8, 4) is 0 Å². The Kier molecular flexibility index (Phi) is 5.07. The summed E-state index contributed by atoms with van der Waals surface area (Å²) in [5.74, 6) is -0.849. The molecule has 0 aliphatic carbocycles. The van der Waals surface area contributed by atoms with Crippen LogP contribution in [0.15, 0.2) is 42.1 Å². The minimum Gasteiger partial charge on any atom is -0.383 e. The van der Waals surface area contributed by atoms with Crippen LogP contribution in [0.2, 0.25) is 0 Å². The molecule has 0 radical (unpaired) electrons. The van der Waals surface area contributed by atoms with Gasteiger partial charge in [0.1, 0.15) is 5.82 Å². The van der Waals surface area contributed by atoms with Crippen LogP contribution in [0.25, 0.3) is 0 Å². The van der Waals surface area contributed by atoms with Crippen molar-refractivity contribution in [2.45, 2.75) is 6.92 Å². The van der Waals surface area contributed by atoms with E-state index in [4.69, 9.17) is 0 Å². The summed E-state index contributed by atoms with van der Waals surface area (Å²) in [6.07, 6.45) is 1.66. The summed E-state index contributed by atoms with van der Waals surface area (Å²) in [6.45, 7) is 5.50. The summed E-state index contributed by atoms with van der Waals surface area (Å²) < 4.78 is 14.5. The molecule has 0 atom stereocenters. The minimum absolute atomic E-state index is 0.0815. The molecule has 4 heteroatoms. The molecule has 0 fully saturated rings. The number of ketones is 1. The van der Waals surface area contributed by atoms with Crippen molar-refractivity contribution >= 4 is 28.4 Å². The zero-order valence-corrected chi connectivity index (χ0v) is 12.8. The van der Waals surface area contributed by atoms with Gasteiger partial charge in [-0.2, -0.15) is 0 Å². The summed E-state index contributed by atoms with van der Waals surface area (Å²) in [4.78, 5) is 14.0. The van der Waals surface area contributed by atoms with E-state index in [9.17, 15) is 9.18 Å². The monoisotopic (exact) mass is 359 g/mol. The number of halogens is 2. The molecule has 96 valence electrons. The molecule has 1 aromatic rings. The van der Waals surface area contributed by atoms with E-state index in [-0.39, 0.29) is 11.3 Å². The molecule has 0 aliphatic rings. The van der Waals surface area contributed by atoms with E-state index in [1.165, 1.54) is 6.07 Å². The Morgan fingerprint density at radius 3 is 2.56 bits per heavy atom. The number of hydrogen-bond acceptors (Lipinski definition) is 2. The van der Waals surface area contributed by atoms with Gasteiger partial charge in [0, 0.05) is 29.4 Å². The maximum Gasteiger partial charge on any atom is 0.197 e. The van der Waals surface area contributed by atoms with Crippen LogP contribution in [0.4, 0.5) is 4.39 Å². The quantitative estimate of drug-likeness (QED) is 0.354. The lowest BCUT2D eigenvalue weighted by Gasteiger charge is -2.12. The molecule has 0 unspecified atom stereocenters. The van der Waals surface area contributed by atoms with Crippen LogP contribution in [0, 0.1) is 9.39 Å². The molecule has 0 saturated carbocycles. The fraction of sp³-hybridized carbons (Fsp3) is 0.214. The third-order valence-corrected chi connectivity index (χ3v) is 2.94. The second-order valence-electron chi connectivity index (χ2n) is 4.24. The molecular formula is C14H15FINO. The van der Waals surface area contributed by atoms with Crippen molar-refractivity contribution in [1.29, 1.82) is 0 Å². The predicted molar refractivity (Wildman–Crippen MR) is 80.0 cm³/mol. The first-order valence-electron chi connectivity index (χ1n) is 5.36. The highest BCUT2D eigenvalue weighted by Gasteiger charge is 2.17. The number of nitrogens with zero attached hydrogens (tertiary/aromatic N) is 1. The summed E-state index contributed by atoms with van der Waals surface area (Å²) in [7, 11) is 3.61. The van der Waals surface area contributed by atoms with E-state index in [2.05, 4.69) is 29.2 Å². The molecule has 18 heavy (non-hydrogen) atoms. The van der Waals surface area contributed by atoms with Crippen LogP contribution < -0.4 is 0 Å². The molecule has 0 amide bonds. The van der Waals surface area contributed by atoms with Gasteiger partial charge in [0.25, 0.3) is 0 Å². The van der Waals surface area contributed by atoms with E-state index >= 15 is 0 Å². The van der Waals surface area contributed by atoms with Crippen LogP contribution in [0.1, 0.15) is 17.3 Å². The number of allylic oxidation sites excluding steroid dienone is 2. The smallest absolute Gasteiger partial charge is 0.197 e. The average Bonchev–Trinajstić information content (AvgIpc) is 2.27. The van der Waals surface area contributed by atoms with Crippen molar-refractivity contribution in [2.75, 3.05) is 14.1 Å². The molecule has 1 aromatic carbocycles. The third kappa shape index (κ3) is 3.66. The Morgan fingerprint density at radius 1 is 1.44 bits per heavy atom. The second-order valence-corrected chi connectivity index (χ2v) is 5.49. The van der Waals surface area contributed by atoms with Gasteiger partial charge in [-0.15, -0.1) is 0 Å². The first-order chi connectivity index (χ1) is 8.32. The summed E-state index contributed by atoms with van der Waals surface area (Å²) in [5, 5.41) is 0. The lowest BCUT2D eigenvalue weighted by molar-refractivity contribution is 0.103. The van der Waals surface area contributed by atoms with Crippen molar-refractivity contribution in [2.24, 2.45) is 0 Å². The Morgan fingerprint density at radius 2 is 2.06 bits per heavy atom. The molecule has 0 heterocycles. The van der Waals surface area contributed by atoms with E-state index < -0.39 is 5.82 Å². The highest BCUT2D eigenvalue weighted by Crippen LogP contribution is 2.20. The zero-order chi connectivity index (χ0) is 13.9. The molecule has 0 aliphatic heterocycles. The van der Waals surface area contributed by atoms with Gasteiger partial charge < -0.3 is 4.90 Å². The topological polar surface area (TPSA) is 20.3 Å². The Labute approximate surface area is 120 Å². The van der Waals surface area contributed by atoms with Gasteiger partial charge in [0.15, 0.2) is 5.78 Å². The lowest BCUT2D eigenvalue weighted by atomic mass is 9.99. The second kappa shape index (κ2) is 6.13. The van der Waals surface area contributed by atoms with Gasteiger partial charge in [0.05, 0.1) is 5.56 Å². The molecular weight excluding hydrogens is 344 g/mol. The molecule has 0 saturated heterocycles. The predicted octanol–water partition coefficient (Wildman–Crippen LogP) is 3.63. The lowest BCUT2D eigenvalue weighted by Crippen LogP contribution is -2.12. The van der Waals surface area contributed by atoms with E-state index in [0.717, 1.165) is 3.57 Å². The molecule has 0 N–H and O–H groups in total. The minimum atomic E-state index is -0.508. The third-order valence-electron chi connectivity index (χ3n) is 2.26. The number of benzene rings is 1. The first-order valence-corrected chi connectivity index (χ1v) is 6.44. The number of Topliss-reactive ketones (excluding diaryl/α,β-unsaturated/α-hetero) is 1. The number of rotatable bonds is 4. The first kappa shape index (κ1) is 14.9. The Balaban J connectivity index is 3.27. The van der Waals surface area contributed by atoms with Crippen molar-refractivity contribution in [3.05, 3.63) is 57.1 Å². The van der Waals surface area contributed by atoms with Crippen LogP contribution in [-0.4, -0.2) is 24.8 Å². The fourth-order valence-corrected chi connectivity index (χ4v) is 1.93. The van der Waals surface area contributed by atoms with Crippen LogP contribution >= 0.6 is 22.6 Å². The largest absolute Gasteiger partial charge is 0.383 e. The standard InChI is InChI=1S/C14H15FINO/c1-9(2)12(8-17(3)4)14(18)11-7-10(16)5-6-13(11)15/h5-8H,1H2,2-4H3/b12-8+. The van der Waals surface area contributed by atoms with Crippen LogP contribution in [0.3, 0.4) is 0 Å².